The highest BCUT2D eigenvalue weighted by molar-refractivity contribution is 5.93. The molecule has 0 spiro atoms. The van der Waals surface area contributed by atoms with Crippen LogP contribution in [0.4, 0.5) is 5.82 Å². The number of aromatic nitrogens is 4. The summed E-state index contributed by atoms with van der Waals surface area (Å²) in [6.45, 7) is 2.42. The van der Waals surface area contributed by atoms with Crippen molar-refractivity contribution in [2.75, 3.05) is 25.0 Å². The Balaban J connectivity index is 1.54. The molecule has 0 bridgehead atoms. The maximum atomic E-state index is 12.2. The standard InChI is InChI=1S/C18H20N6O/c1-23-11-15(9-21-23)14-6-13-7-17(20-10-16(13)19-8-14)22-18(25)12-24-4-2-3-5-24/h6-11H,2-5,12H2,1H3,(H,20,22,25). The van der Waals surface area contributed by atoms with Crippen molar-refractivity contribution in [3.05, 3.63) is 36.9 Å². The van der Waals surface area contributed by atoms with Gasteiger partial charge in [-0.1, -0.05) is 0 Å². The summed E-state index contributed by atoms with van der Waals surface area (Å²) in [6.07, 6.45) is 9.60. The van der Waals surface area contributed by atoms with Crippen LogP contribution in [0.15, 0.2) is 36.9 Å². The Morgan fingerprint density at radius 1 is 1.12 bits per heavy atom. The Morgan fingerprint density at radius 2 is 1.96 bits per heavy atom. The molecule has 0 atom stereocenters. The van der Waals surface area contributed by atoms with Crippen molar-refractivity contribution in [2.45, 2.75) is 12.8 Å². The third kappa shape index (κ3) is 3.51. The Labute approximate surface area is 145 Å². The first-order valence-electron chi connectivity index (χ1n) is 8.44. The first-order valence-corrected chi connectivity index (χ1v) is 8.44. The van der Waals surface area contributed by atoms with E-state index in [1.54, 1.807) is 10.9 Å². The molecule has 0 unspecified atom stereocenters. The lowest BCUT2D eigenvalue weighted by atomic mass is 10.1. The number of pyridine rings is 2. The molecule has 0 radical (unpaired) electrons. The van der Waals surface area contributed by atoms with E-state index in [1.165, 1.54) is 12.8 Å². The second-order valence-corrected chi connectivity index (χ2v) is 6.42. The Morgan fingerprint density at radius 3 is 2.72 bits per heavy atom. The first kappa shape index (κ1) is 15.7. The molecule has 1 fully saturated rings. The van der Waals surface area contributed by atoms with Crippen LogP contribution in [-0.2, 0) is 11.8 Å². The molecule has 1 aliphatic heterocycles. The monoisotopic (exact) mass is 336 g/mol. The van der Waals surface area contributed by atoms with Crippen LogP contribution in [-0.4, -0.2) is 50.2 Å². The molecular weight excluding hydrogens is 316 g/mol. The van der Waals surface area contributed by atoms with Crippen molar-refractivity contribution in [3.63, 3.8) is 0 Å². The second kappa shape index (κ2) is 6.60. The average molecular weight is 336 g/mol. The maximum absolute atomic E-state index is 12.2. The molecule has 0 aromatic carbocycles. The number of carbonyl (C=O) groups excluding carboxylic acids is 1. The van der Waals surface area contributed by atoms with Gasteiger partial charge in [-0.3, -0.25) is 19.4 Å². The molecule has 0 aliphatic carbocycles. The van der Waals surface area contributed by atoms with Crippen LogP contribution in [0.3, 0.4) is 0 Å². The quantitative estimate of drug-likeness (QED) is 0.789. The number of amides is 1. The molecule has 0 saturated carbocycles. The Kier molecular flexibility index (Phi) is 4.15. The summed E-state index contributed by atoms with van der Waals surface area (Å²) >= 11 is 0. The van der Waals surface area contributed by atoms with Crippen LogP contribution in [0.1, 0.15) is 12.8 Å². The van der Waals surface area contributed by atoms with Gasteiger partial charge in [0.15, 0.2) is 0 Å². The molecule has 3 aromatic heterocycles. The molecule has 1 N–H and O–H groups in total. The molecule has 3 aromatic rings. The van der Waals surface area contributed by atoms with Crippen LogP contribution in [0.2, 0.25) is 0 Å². The summed E-state index contributed by atoms with van der Waals surface area (Å²) in [4.78, 5) is 23.1. The molecular formula is C18H20N6O. The van der Waals surface area contributed by atoms with Crippen molar-refractivity contribution in [3.8, 4) is 11.1 Å². The summed E-state index contributed by atoms with van der Waals surface area (Å²) in [5, 5.41) is 8.02. The molecule has 1 saturated heterocycles. The summed E-state index contributed by atoms with van der Waals surface area (Å²) in [7, 11) is 1.88. The van der Waals surface area contributed by atoms with Crippen LogP contribution < -0.4 is 5.32 Å². The van der Waals surface area contributed by atoms with Gasteiger partial charge in [-0.05, 0) is 38.1 Å². The minimum atomic E-state index is -0.0230. The summed E-state index contributed by atoms with van der Waals surface area (Å²) in [5.74, 6) is 0.534. The highest BCUT2D eigenvalue weighted by atomic mass is 16.2. The van der Waals surface area contributed by atoms with Gasteiger partial charge in [0.05, 0.1) is 24.5 Å². The summed E-state index contributed by atoms with van der Waals surface area (Å²) in [5.41, 5.74) is 2.79. The minimum absolute atomic E-state index is 0.0230. The number of carbonyl (C=O) groups is 1. The van der Waals surface area contributed by atoms with E-state index in [2.05, 4.69) is 25.3 Å². The van der Waals surface area contributed by atoms with Crippen molar-refractivity contribution < 1.29 is 4.79 Å². The zero-order valence-corrected chi connectivity index (χ0v) is 14.1. The number of fused-ring (bicyclic) bond motifs is 1. The third-order valence-corrected chi connectivity index (χ3v) is 4.44. The molecule has 1 amide bonds. The second-order valence-electron chi connectivity index (χ2n) is 6.42. The van der Waals surface area contributed by atoms with Crippen molar-refractivity contribution in [1.29, 1.82) is 0 Å². The molecule has 4 rings (SSSR count). The van der Waals surface area contributed by atoms with E-state index >= 15 is 0 Å². The van der Waals surface area contributed by atoms with E-state index in [0.717, 1.165) is 35.1 Å². The fourth-order valence-corrected chi connectivity index (χ4v) is 3.15. The molecule has 25 heavy (non-hydrogen) atoms. The third-order valence-electron chi connectivity index (χ3n) is 4.44. The smallest absolute Gasteiger partial charge is 0.239 e. The van der Waals surface area contributed by atoms with Crippen molar-refractivity contribution >= 4 is 22.6 Å². The normalized spacial score (nSPS) is 14.9. The van der Waals surface area contributed by atoms with Crippen LogP contribution in [0.5, 0.6) is 0 Å². The number of anilines is 1. The minimum Gasteiger partial charge on any atom is -0.310 e. The number of hydrogen-bond acceptors (Lipinski definition) is 5. The number of likely N-dealkylation sites (tertiary alicyclic amines) is 1. The number of hydrogen-bond donors (Lipinski definition) is 1. The molecule has 4 heterocycles. The fraction of sp³-hybridized carbons (Fsp3) is 0.333. The largest absolute Gasteiger partial charge is 0.310 e. The van der Waals surface area contributed by atoms with Gasteiger partial charge in [-0.25, -0.2) is 4.98 Å². The average Bonchev–Trinajstić information content (AvgIpc) is 3.26. The highest BCUT2D eigenvalue weighted by Gasteiger charge is 2.15. The van der Waals surface area contributed by atoms with E-state index in [-0.39, 0.29) is 5.91 Å². The molecule has 128 valence electrons. The van der Waals surface area contributed by atoms with Gasteiger partial charge in [-0.15, -0.1) is 0 Å². The molecule has 7 nitrogen and oxygen atoms in total. The van der Waals surface area contributed by atoms with Gasteiger partial charge in [-0.2, -0.15) is 5.10 Å². The van der Waals surface area contributed by atoms with E-state index in [9.17, 15) is 4.79 Å². The van der Waals surface area contributed by atoms with E-state index in [1.807, 2.05) is 37.8 Å². The number of rotatable bonds is 4. The highest BCUT2D eigenvalue weighted by Crippen LogP contribution is 2.23. The summed E-state index contributed by atoms with van der Waals surface area (Å²) in [6, 6.07) is 3.90. The van der Waals surface area contributed by atoms with Gasteiger partial charge < -0.3 is 5.32 Å². The lowest BCUT2D eigenvalue weighted by Crippen LogP contribution is -2.31. The predicted octanol–water partition coefficient (Wildman–Crippen LogP) is 2.06. The molecule has 1 aliphatic rings. The number of nitrogens with zero attached hydrogens (tertiary/aromatic N) is 5. The topological polar surface area (TPSA) is 75.9 Å². The van der Waals surface area contributed by atoms with Crippen molar-refractivity contribution in [1.82, 2.24) is 24.6 Å². The van der Waals surface area contributed by atoms with E-state index in [4.69, 9.17) is 0 Å². The van der Waals surface area contributed by atoms with Gasteiger partial charge >= 0.3 is 0 Å². The van der Waals surface area contributed by atoms with E-state index in [0.29, 0.717) is 12.4 Å². The number of nitrogens with one attached hydrogen (secondary N) is 1. The van der Waals surface area contributed by atoms with Crippen LogP contribution >= 0.6 is 0 Å². The van der Waals surface area contributed by atoms with Crippen LogP contribution in [0, 0.1) is 0 Å². The summed E-state index contributed by atoms with van der Waals surface area (Å²) < 4.78 is 1.76. The van der Waals surface area contributed by atoms with Gasteiger partial charge in [0.1, 0.15) is 5.82 Å². The van der Waals surface area contributed by atoms with Gasteiger partial charge in [0, 0.05) is 36.0 Å². The maximum Gasteiger partial charge on any atom is 0.239 e. The van der Waals surface area contributed by atoms with E-state index < -0.39 is 0 Å². The lowest BCUT2D eigenvalue weighted by molar-refractivity contribution is -0.117. The SMILES string of the molecule is Cn1cc(-c2cnc3cnc(NC(=O)CN4CCCC4)cc3c2)cn1. The van der Waals surface area contributed by atoms with Gasteiger partial charge in [0.25, 0.3) is 0 Å². The lowest BCUT2D eigenvalue weighted by Gasteiger charge is -2.13. The molecule has 7 heteroatoms. The Bertz CT molecular complexity index is 913. The Hall–Kier alpha value is -2.80. The van der Waals surface area contributed by atoms with Crippen molar-refractivity contribution in [2.24, 2.45) is 7.05 Å². The zero-order valence-electron chi connectivity index (χ0n) is 14.1. The fourth-order valence-electron chi connectivity index (χ4n) is 3.15. The zero-order chi connectivity index (χ0) is 17.2. The van der Waals surface area contributed by atoms with Crippen LogP contribution in [0.25, 0.3) is 22.0 Å². The number of aryl methyl sites for hydroxylation is 1. The predicted molar refractivity (Wildman–Crippen MR) is 96.0 cm³/mol. The van der Waals surface area contributed by atoms with Gasteiger partial charge in [0.2, 0.25) is 5.91 Å². The first-order chi connectivity index (χ1) is 12.2.